The summed E-state index contributed by atoms with van der Waals surface area (Å²) in [5.41, 5.74) is 1.88. The summed E-state index contributed by atoms with van der Waals surface area (Å²) in [5.74, 6) is 0.00276. The van der Waals surface area contributed by atoms with Gasteiger partial charge in [0.1, 0.15) is 0 Å². The molecule has 118 valence electrons. The largest absolute Gasteiger partial charge is 0.301 e. The van der Waals surface area contributed by atoms with Gasteiger partial charge in [-0.25, -0.2) is 13.1 Å². The van der Waals surface area contributed by atoms with Gasteiger partial charge in [0.25, 0.3) is 0 Å². The van der Waals surface area contributed by atoms with E-state index in [9.17, 15) is 8.42 Å². The van der Waals surface area contributed by atoms with Crippen molar-refractivity contribution in [2.24, 2.45) is 0 Å². The summed E-state index contributed by atoms with van der Waals surface area (Å²) in [6, 6.07) is 19.1. The summed E-state index contributed by atoms with van der Waals surface area (Å²) >= 11 is 0. The van der Waals surface area contributed by atoms with Crippen molar-refractivity contribution in [2.75, 3.05) is 20.6 Å². The molecule has 0 saturated heterocycles. The van der Waals surface area contributed by atoms with Gasteiger partial charge in [-0.05, 0) is 25.2 Å². The standard InChI is InChI=1S/C17H22N2O2S/c1-19(2)17(16-11-7-4-8-12-16)13-18-22(20,21)14-15-9-5-3-6-10-15/h3-12,17-18H,13-14H2,1-2H3. The van der Waals surface area contributed by atoms with E-state index in [0.29, 0.717) is 6.54 Å². The van der Waals surface area contributed by atoms with E-state index in [0.717, 1.165) is 11.1 Å². The molecule has 2 aromatic carbocycles. The quantitative estimate of drug-likeness (QED) is 0.853. The van der Waals surface area contributed by atoms with Gasteiger partial charge in [0.05, 0.1) is 5.75 Å². The fourth-order valence-corrected chi connectivity index (χ4v) is 3.47. The number of nitrogens with zero attached hydrogens (tertiary/aromatic N) is 1. The highest BCUT2D eigenvalue weighted by molar-refractivity contribution is 7.88. The third-order valence-corrected chi connectivity index (χ3v) is 4.82. The zero-order valence-electron chi connectivity index (χ0n) is 12.9. The van der Waals surface area contributed by atoms with Gasteiger partial charge in [0, 0.05) is 12.6 Å². The van der Waals surface area contributed by atoms with Gasteiger partial charge in [-0.2, -0.15) is 0 Å². The van der Waals surface area contributed by atoms with Crippen LogP contribution in [0.25, 0.3) is 0 Å². The number of nitrogens with one attached hydrogen (secondary N) is 1. The molecule has 0 fully saturated rings. The Balaban J connectivity index is 2.03. The van der Waals surface area contributed by atoms with Crippen LogP contribution in [0.4, 0.5) is 0 Å². The van der Waals surface area contributed by atoms with Crippen LogP contribution in [0.15, 0.2) is 60.7 Å². The van der Waals surface area contributed by atoms with E-state index in [2.05, 4.69) is 4.72 Å². The molecule has 5 heteroatoms. The first-order chi connectivity index (χ1) is 10.5. The molecule has 2 aromatic rings. The van der Waals surface area contributed by atoms with Crippen LogP contribution in [0.5, 0.6) is 0 Å². The predicted molar refractivity (Wildman–Crippen MR) is 89.9 cm³/mol. The molecule has 0 radical (unpaired) electrons. The molecule has 0 saturated carbocycles. The van der Waals surface area contributed by atoms with Gasteiger partial charge in [0.2, 0.25) is 10.0 Å². The summed E-state index contributed by atoms with van der Waals surface area (Å²) in [4.78, 5) is 2.01. The minimum atomic E-state index is -3.35. The fraction of sp³-hybridized carbons (Fsp3) is 0.294. The number of sulfonamides is 1. The molecule has 22 heavy (non-hydrogen) atoms. The van der Waals surface area contributed by atoms with E-state index in [1.54, 1.807) is 0 Å². The minimum Gasteiger partial charge on any atom is -0.301 e. The number of hydrogen-bond donors (Lipinski definition) is 1. The van der Waals surface area contributed by atoms with Gasteiger partial charge in [-0.3, -0.25) is 0 Å². The Bertz CT molecular complexity index is 670. The Morgan fingerprint density at radius 1 is 0.955 bits per heavy atom. The van der Waals surface area contributed by atoms with Gasteiger partial charge in [0.15, 0.2) is 0 Å². The van der Waals surface area contributed by atoms with Crippen LogP contribution in [0.3, 0.4) is 0 Å². The van der Waals surface area contributed by atoms with Crippen LogP contribution in [0.2, 0.25) is 0 Å². The molecule has 0 aromatic heterocycles. The number of rotatable bonds is 7. The fourth-order valence-electron chi connectivity index (χ4n) is 2.32. The molecule has 0 amide bonds. The minimum absolute atomic E-state index is 0.00276. The first-order valence-corrected chi connectivity index (χ1v) is 8.86. The molecule has 1 N–H and O–H groups in total. The summed E-state index contributed by atoms with van der Waals surface area (Å²) < 4.78 is 27.2. The second-order valence-electron chi connectivity index (χ2n) is 5.48. The average molecular weight is 318 g/mol. The number of hydrogen-bond acceptors (Lipinski definition) is 3. The summed E-state index contributed by atoms with van der Waals surface area (Å²) in [6.45, 7) is 0.353. The van der Waals surface area contributed by atoms with E-state index in [1.165, 1.54) is 0 Å². The van der Waals surface area contributed by atoms with Crippen LogP contribution in [-0.2, 0) is 15.8 Å². The smallest absolute Gasteiger partial charge is 0.215 e. The predicted octanol–water partition coefficient (Wildman–Crippen LogP) is 2.41. The van der Waals surface area contributed by atoms with Crippen LogP contribution < -0.4 is 4.72 Å². The lowest BCUT2D eigenvalue weighted by Gasteiger charge is -2.25. The molecular weight excluding hydrogens is 296 g/mol. The average Bonchev–Trinajstić information content (AvgIpc) is 2.48. The number of likely N-dealkylation sites (N-methyl/N-ethyl adjacent to an activating group) is 1. The second kappa shape index (κ2) is 7.54. The summed E-state index contributed by atoms with van der Waals surface area (Å²) in [6.07, 6.45) is 0. The lowest BCUT2D eigenvalue weighted by Crippen LogP contribution is -2.35. The second-order valence-corrected chi connectivity index (χ2v) is 7.29. The van der Waals surface area contributed by atoms with Crippen LogP contribution in [0, 0.1) is 0 Å². The molecule has 0 heterocycles. The maximum atomic E-state index is 12.2. The van der Waals surface area contributed by atoms with Crippen molar-refractivity contribution in [2.45, 2.75) is 11.8 Å². The maximum Gasteiger partial charge on any atom is 0.215 e. The van der Waals surface area contributed by atoms with Crippen molar-refractivity contribution in [1.29, 1.82) is 0 Å². The topological polar surface area (TPSA) is 49.4 Å². The van der Waals surface area contributed by atoms with Crippen molar-refractivity contribution in [3.63, 3.8) is 0 Å². The van der Waals surface area contributed by atoms with Gasteiger partial charge >= 0.3 is 0 Å². The molecule has 0 spiro atoms. The highest BCUT2D eigenvalue weighted by atomic mass is 32.2. The van der Waals surface area contributed by atoms with E-state index < -0.39 is 10.0 Å². The Kier molecular flexibility index (Phi) is 5.71. The van der Waals surface area contributed by atoms with Crippen molar-refractivity contribution >= 4 is 10.0 Å². The Morgan fingerprint density at radius 3 is 2.05 bits per heavy atom. The van der Waals surface area contributed by atoms with Gasteiger partial charge in [-0.15, -0.1) is 0 Å². The highest BCUT2D eigenvalue weighted by Crippen LogP contribution is 2.17. The Morgan fingerprint density at radius 2 is 1.50 bits per heavy atom. The van der Waals surface area contributed by atoms with E-state index in [-0.39, 0.29) is 11.8 Å². The monoisotopic (exact) mass is 318 g/mol. The zero-order chi connectivity index (χ0) is 16.0. The van der Waals surface area contributed by atoms with Crippen molar-refractivity contribution in [3.8, 4) is 0 Å². The normalized spacial score (nSPS) is 13.2. The SMILES string of the molecule is CN(C)C(CNS(=O)(=O)Cc1ccccc1)c1ccccc1. The third kappa shape index (κ3) is 4.94. The number of benzene rings is 2. The molecule has 4 nitrogen and oxygen atoms in total. The molecule has 0 aliphatic rings. The van der Waals surface area contributed by atoms with Crippen molar-refractivity contribution in [3.05, 3.63) is 71.8 Å². The van der Waals surface area contributed by atoms with Crippen molar-refractivity contribution < 1.29 is 8.42 Å². The van der Waals surface area contributed by atoms with Crippen LogP contribution in [-0.4, -0.2) is 34.0 Å². The Labute approximate surface area is 132 Å². The van der Waals surface area contributed by atoms with E-state index in [1.807, 2.05) is 79.7 Å². The first-order valence-electron chi connectivity index (χ1n) is 7.20. The molecule has 1 atom stereocenters. The third-order valence-electron chi connectivity index (χ3n) is 3.50. The van der Waals surface area contributed by atoms with Crippen LogP contribution >= 0.6 is 0 Å². The molecule has 0 aliphatic carbocycles. The molecule has 0 bridgehead atoms. The Hall–Kier alpha value is -1.69. The molecule has 0 aliphatic heterocycles. The van der Waals surface area contributed by atoms with E-state index >= 15 is 0 Å². The maximum absolute atomic E-state index is 12.2. The van der Waals surface area contributed by atoms with Crippen molar-refractivity contribution in [1.82, 2.24) is 9.62 Å². The summed E-state index contributed by atoms with van der Waals surface area (Å²) in [5, 5.41) is 0. The first kappa shape index (κ1) is 16.7. The lowest BCUT2D eigenvalue weighted by atomic mass is 10.1. The molecule has 2 rings (SSSR count). The summed E-state index contributed by atoms with van der Waals surface area (Å²) in [7, 11) is 0.547. The molecule has 1 unspecified atom stereocenters. The highest BCUT2D eigenvalue weighted by Gasteiger charge is 2.18. The zero-order valence-corrected chi connectivity index (χ0v) is 13.8. The van der Waals surface area contributed by atoms with E-state index in [4.69, 9.17) is 0 Å². The van der Waals surface area contributed by atoms with Gasteiger partial charge in [-0.1, -0.05) is 60.7 Å². The van der Waals surface area contributed by atoms with Crippen LogP contribution in [0.1, 0.15) is 17.2 Å². The molecular formula is C17H22N2O2S. The lowest BCUT2D eigenvalue weighted by molar-refractivity contribution is 0.299. The van der Waals surface area contributed by atoms with Gasteiger partial charge < -0.3 is 4.90 Å².